The van der Waals surface area contributed by atoms with E-state index in [1.54, 1.807) is 6.92 Å². The average Bonchev–Trinajstić information content (AvgIpc) is 2.72. The maximum Gasteiger partial charge on any atom is 0.171 e. The molecule has 0 aliphatic heterocycles. The van der Waals surface area contributed by atoms with E-state index in [0.29, 0.717) is 18.4 Å². The lowest BCUT2D eigenvalue weighted by atomic mass is 9.80. The molecule has 0 spiro atoms. The van der Waals surface area contributed by atoms with Crippen molar-refractivity contribution < 1.29 is 13.2 Å². The van der Waals surface area contributed by atoms with Crippen LogP contribution in [-0.2, 0) is 14.6 Å². The van der Waals surface area contributed by atoms with Crippen LogP contribution in [0.1, 0.15) is 58.3 Å². The first-order valence-electron chi connectivity index (χ1n) is 10.4. The quantitative estimate of drug-likeness (QED) is 0.567. The Bertz CT molecular complexity index is 765. The topological polar surface area (TPSA) is 43.4 Å². The van der Waals surface area contributed by atoms with Gasteiger partial charge in [-0.15, -0.1) is 0 Å². The SMILES string of the molecule is CCS(=O)(=O)/C=C\C1CCCC[C@@H]1COC1=CC=C(C2=CC=CCC2)CC1. The predicted octanol–water partition coefficient (Wildman–Crippen LogP) is 5.64. The zero-order valence-electron chi connectivity index (χ0n) is 16.4. The zero-order chi connectivity index (χ0) is 19.1. The Labute approximate surface area is 164 Å². The largest absolute Gasteiger partial charge is 0.498 e. The molecule has 3 rings (SSSR count). The first kappa shape index (κ1) is 20.2. The highest BCUT2D eigenvalue weighted by molar-refractivity contribution is 7.94. The molecule has 3 aliphatic rings. The molecule has 0 aromatic heterocycles. The highest BCUT2D eigenvalue weighted by Crippen LogP contribution is 2.33. The molecule has 0 N–H and O–H groups in total. The third-order valence-electron chi connectivity index (χ3n) is 5.92. The molecule has 0 saturated heterocycles. The molecule has 0 aromatic rings. The highest BCUT2D eigenvalue weighted by atomic mass is 32.2. The summed E-state index contributed by atoms with van der Waals surface area (Å²) in [5.41, 5.74) is 2.90. The molecule has 1 unspecified atom stereocenters. The number of hydrogen-bond donors (Lipinski definition) is 0. The number of hydrogen-bond acceptors (Lipinski definition) is 3. The van der Waals surface area contributed by atoms with Gasteiger partial charge in [-0.05, 0) is 61.2 Å². The highest BCUT2D eigenvalue weighted by Gasteiger charge is 2.25. The van der Waals surface area contributed by atoms with E-state index in [9.17, 15) is 8.42 Å². The van der Waals surface area contributed by atoms with E-state index in [-0.39, 0.29) is 5.75 Å². The van der Waals surface area contributed by atoms with Gasteiger partial charge in [0.05, 0.1) is 18.1 Å². The van der Waals surface area contributed by atoms with E-state index in [1.165, 1.54) is 29.4 Å². The van der Waals surface area contributed by atoms with E-state index in [4.69, 9.17) is 4.74 Å². The minimum absolute atomic E-state index is 0.172. The lowest BCUT2D eigenvalue weighted by Crippen LogP contribution is -2.23. The van der Waals surface area contributed by atoms with E-state index in [2.05, 4.69) is 30.4 Å². The molecule has 1 fully saturated rings. The van der Waals surface area contributed by atoms with Crippen LogP contribution in [0.3, 0.4) is 0 Å². The minimum Gasteiger partial charge on any atom is -0.498 e. The summed E-state index contributed by atoms with van der Waals surface area (Å²) in [6, 6.07) is 0. The number of allylic oxidation sites excluding steroid dienone is 9. The van der Waals surface area contributed by atoms with Crippen LogP contribution in [0.2, 0.25) is 0 Å². The van der Waals surface area contributed by atoms with Crippen molar-refractivity contribution in [1.29, 1.82) is 0 Å². The average molecular weight is 389 g/mol. The van der Waals surface area contributed by atoms with Gasteiger partial charge in [0.15, 0.2) is 9.84 Å². The van der Waals surface area contributed by atoms with Gasteiger partial charge >= 0.3 is 0 Å². The zero-order valence-corrected chi connectivity index (χ0v) is 17.2. The van der Waals surface area contributed by atoms with E-state index < -0.39 is 9.84 Å². The Morgan fingerprint density at radius 3 is 2.59 bits per heavy atom. The standard InChI is InChI=1S/C23H32O3S/c1-2-27(24,25)17-16-20-10-6-7-11-22(20)18-26-23-14-12-21(13-15-23)19-8-4-3-5-9-19/h3-4,8,12,14,16-17,20,22H,2,5-7,9-11,13,15,18H2,1H3/b17-16-/t20?,22-/m1/s1. The molecule has 1 saturated carbocycles. The Kier molecular flexibility index (Phi) is 7.17. The van der Waals surface area contributed by atoms with Gasteiger partial charge in [0.2, 0.25) is 0 Å². The van der Waals surface area contributed by atoms with Crippen molar-refractivity contribution in [1.82, 2.24) is 0 Å². The third-order valence-corrected chi connectivity index (χ3v) is 7.30. The van der Waals surface area contributed by atoms with Crippen LogP contribution in [-0.4, -0.2) is 20.8 Å². The molecular weight excluding hydrogens is 356 g/mol. The molecule has 148 valence electrons. The minimum atomic E-state index is -3.05. The summed E-state index contributed by atoms with van der Waals surface area (Å²) in [7, 11) is -3.05. The number of sulfone groups is 1. The van der Waals surface area contributed by atoms with Crippen LogP contribution < -0.4 is 0 Å². The fourth-order valence-electron chi connectivity index (χ4n) is 4.10. The molecule has 4 heteroatoms. The second-order valence-corrected chi connectivity index (χ2v) is 9.96. The van der Waals surface area contributed by atoms with E-state index in [0.717, 1.165) is 44.3 Å². The van der Waals surface area contributed by atoms with Gasteiger partial charge in [-0.2, -0.15) is 0 Å². The Hall–Kier alpha value is -1.55. The lowest BCUT2D eigenvalue weighted by Gasteiger charge is -2.30. The van der Waals surface area contributed by atoms with Gasteiger partial charge < -0.3 is 4.74 Å². The van der Waals surface area contributed by atoms with Crippen molar-refractivity contribution in [3.63, 3.8) is 0 Å². The Balaban J connectivity index is 1.56. The molecule has 0 amide bonds. The predicted molar refractivity (Wildman–Crippen MR) is 112 cm³/mol. The van der Waals surface area contributed by atoms with Crippen molar-refractivity contribution in [2.24, 2.45) is 11.8 Å². The Morgan fingerprint density at radius 1 is 1.07 bits per heavy atom. The second-order valence-electron chi connectivity index (χ2n) is 7.78. The smallest absolute Gasteiger partial charge is 0.171 e. The summed E-state index contributed by atoms with van der Waals surface area (Å²) >= 11 is 0. The first-order valence-corrected chi connectivity index (χ1v) is 12.1. The lowest BCUT2D eigenvalue weighted by molar-refractivity contribution is 0.114. The fraction of sp³-hybridized carbons (Fsp3) is 0.565. The van der Waals surface area contributed by atoms with E-state index in [1.807, 2.05) is 6.08 Å². The van der Waals surface area contributed by atoms with Crippen LogP contribution in [0.4, 0.5) is 0 Å². The number of rotatable bonds is 7. The summed E-state index contributed by atoms with van der Waals surface area (Å²) in [5.74, 6) is 1.97. The summed E-state index contributed by atoms with van der Waals surface area (Å²) in [4.78, 5) is 0. The van der Waals surface area contributed by atoms with Crippen LogP contribution in [0.25, 0.3) is 0 Å². The molecule has 3 nitrogen and oxygen atoms in total. The van der Waals surface area contributed by atoms with Crippen LogP contribution in [0.5, 0.6) is 0 Å². The Morgan fingerprint density at radius 2 is 1.89 bits per heavy atom. The number of ether oxygens (including phenoxy) is 1. The molecule has 0 bridgehead atoms. The summed E-state index contributed by atoms with van der Waals surface area (Å²) in [6.07, 6.45) is 21.7. The fourth-order valence-corrected chi connectivity index (χ4v) is 4.74. The maximum atomic E-state index is 11.8. The van der Waals surface area contributed by atoms with Crippen LogP contribution in [0.15, 0.2) is 58.8 Å². The van der Waals surface area contributed by atoms with E-state index >= 15 is 0 Å². The van der Waals surface area contributed by atoms with Gasteiger partial charge in [0.1, 0.15) is 0 Å². The van der Waals surface area contributed by atoms with Crippen LogP contribution >= 0.6 is 0 Å². The summed E-state index contributed by atoms with van der Waals surface area (Å²) in [5, 5.41) is 1.43. The molecule has 0 heterocycles. The monoisotopic (exact) mass is 388 g/mol. The van der Waals surface area contributed by atoms with Gasteiger partial charge in [-0.3, -0.25) is 0 Å². The van der Waals surface area contributed by atoms with Gasteiger partial charge in [0.25, 0.3) is 0 Å². The molecule has 0 radical (unpaired) electrons. The van der Waals surface area contributed by atoms with Crippen molar-refractivity contribution >= 4 is 9.84 Å². The molecule has 3 aliphatic carbocycles. The van der Waals surface area contributed by atoms with Gasteiger partial charge in [0, 0.05) is 11.8 Å². The summed E-state index contributed by atoms with van der Waals surface area (Å²) in [6.45, 7) is 2.39. The maximum absolute atomic E-state index is 11.8. The summed E-state index contributed by atoms with van der Waals surface area (Å²) < 4.78 is 29.7. The molecular formula is C23H32O3S. The molecule has 27 heavy (non-hydrogen) atoms. The van der Waals surface area contributed by atoms with Crippen molar-refractivity contribution in [2.45, 2.75) is 58.3 Å². The van der Waals surface area contributed by atoms with Gasteiger partial charge in [-0.1, -0.05) is 50.1 Å². The first-order chi connectivity index (χ1) is 13.1. The molecule has 2 atom stereocenters. The van der Waals surface area contributed by atoms with Crippen molar-refractivity contribution in [3.8, 4) is 0 Å². The van der Waals surface area contributed by atoms with Crippen molar-refractivity contribution in [2.75, 3.05) is 12.4 Å². The van der Waals surface area contributed by atoms with Crippen molar-refractivity contribution in [3.05, 3.63) is 58.8 Å². The third kappa shape index (κ3) is 5.97. The normalized spacial score (nSPS) is 26.5. The molecule has 0 aromatic carbocycles. The van der Waals surface area contributed by atoms with Gasteiger partial charge in [-0.25, -0.2) is 8.42 Å². The second kappa shape index (κ2) is 9.59. The van der Waals surface area contributed by atoms with Crippen LogP contribution in [0, 0.1) is 11.8 Å².